The van der Waals surface area contributed by atoms with Gasteiger partial charge in [-0.3, -0.25) is 0 Å². The lowest BCUT2D eigenvalue weighted by atomic mass is 10.1. The van der Waals surface area contributed by atoms with Gasteiger partial charge in [-0.15, -0.1) is 0 Å². The number of hydrogen-bond acceptors (Lipinski definition) is 1. The van der Waals surface area contributed by atoms with E-state index in [2.05, 4.69) is 37.3 Å². The van der Waals surface area contributed by atoms with Gasteiger partial charge in [-0.05, 0) is 38.2 Å². The van der Waals surface area contributed by atoms with E-state index in [0.717, 1.165) is 25.7 Å². The van der Waals surface area contributed by atoms with Crippen LogP contribution in [-0.4, -0.2) is 11.7 Å². The highest BCUT2D eigenvalue weighted by Gasteiger charge is 1.91. The molecule has 0 radical (unpaired) electrons. The lowest BCUT2D eigenvalue weighted by Gasteiger charge is -2.00. The Hall–Kier alpha value is -1.08. The van der Waals surface area contributed by atoms with Crippen LogP contribution in [0.3, 0.4) is 0 Å². The molecule has 1 aromatic rings. The van der Waals surface area contributed by atoms with Crippen LogP contribution in [0.4, 0.5) is 0 Å². The molecule has 1 aromatic carbocycles. The Morgan fingerprint density at radius 2 is 2.00 bits per heavy atom. The van der Waals surface area contributed by atoms with Crippen molar-refractivity contribution in [3.63, 3.8) is 0 Å². The molecule has 0 aliphatic carbocycles. The van der Waals surface area contributed by atoms with E-state index in [1.165, 1.54) is 11.1 Å². The maximum atomic E-state index is 8.69. The predicted octanol–water partition coefficient (Wildman–Crippen LogP) is 3.34. The Labute approximate surface area is 92.5 Å². The number of aliphatic hydroxyl groups is 1. The molecule has 0 aromatic heterocycles. The highest BCUT2D eigenvalue weighted by Crippen LogP contribution is 2.08. The summed E-state index contributed by atoms with van der Waals surface area (Å²) in [6.45, 7) is 2.44. The van der Waals surface area contributed by atoms with Crippen molar-refractivity contribution >= 4 is 0 Å². The lowest BCUT2D eigenvalue weighted by molar-refractivity contribution is 0.288. The van der Waals surface area contributed by atoms with Crippen LogP contribution >= 0.6 is 0 Å². The molecule has 15 heavy (non-hydrogen) atoms. The van der Waals surface area contributed by atoms with E-state index < -0.39 is 0 Å². The molecule has 1 heteroatoms. The zero-order valence-corrected chi connectivity index (χ0v) is 9.45. The van der Waals surface area contributed by atoms with Gasteiger partial charge in [0.1, 0.15) is 0 Å². The molecule has 1 N–H and O–H groups in total. The fraction of sp³-hybridized carbons (Fsp3) is 0.429. The number of hydrogen-bond donors (Lipinski definition) is 1. The first-order valence-corrected chi connectivity index (χ1v) is 5.63. The summed E-state index contributed by atoms with van der Waals surface area (Å²) in [6, 6.07) is 10.5. The van der Waals surface area contributed by atoms with Crippen molar-refractivity contribution in [1.82, 2.24) is 0 Å². The molecule has 0 saturated carbocycles. The van der Waals surface area contributed by atoms with E-state index in [1.807, 2.05) is 6.07 Å². The molecular formula is C14H20O. The summed E-state index contributed by atoms with van der Waals surface area (Å²) < 4.78 is 0. The first-order valence-electron chi connectivity index (χ1n) is 5.63. The van der Waals surface area contributed by atoms with Gasteiger partial charge in [0.2, 0.25) is 0 Å². The third-order valence-corrected chi connectivity index (χ3v) is 2.50. The summed E-state index contributed by atoms with van der Waals surface area (Å²) in [5, 5.41) is 8.69. The molecule has 0 heterocycles. The van der Waals surface area contributed by atoms with Crippen molar-refractivity contribution in [1.29, 1.82) is 0 Å². The van der Waals surface area contributed by atoms with Gasteiger partial charge in [-0.2, -0.15) is 0 Å². The third-order valence-electron chi connectivity index (χ3n) is 2.50. The number of aryl methyl sites for hydroxylation is 1. The van der Waals surface area contributed by atoms with Gasteiger partial charge in [-0.1, -0.05) is 42.0 Å². The van der Waals surface area contributed by atoms with E-state index in [4.69, 9.17) is 5.11 Å². The Kier molecular flexibility index (Phi) is 5.79. The zero-order valence-electron chi connectivity index (χ0n) is 9.45. The Balaban J connectivity index is 2.26. The van der Waals surface area contributed by atoms with Crippen LogP contribution in [0.1, 0.15) is 31.7 Å². The average Bonchev–Trinajstić information content (AvgIpc) is 2.28. The second kappa shape index (κ2) is 7.24. The van der Waals surface area contributed by atoms with Gasteiger partial charge < -0.3 is 5.11 Å². The molecule has 0 aliphatic heterocycles. The number of rotatable bonds is 6. The highest BCUT2D eigenvalue weighted by molar-refractivity contribution is 5.15. The third kappa shape index (κ3) is 5.38. The molecule has 0 bridgehead atoms. The van der Waals surface area contributed by atoms with Gasteiger partial charge in [0.05, 0.1) is 0 Å². The van der Waals surface area contributed by atoms with E-state index in [1.54, 1.807) is 0 Å². The van der Waals surface area contributed by atoms with Crippen molar-refractivity contribution in [2.45, 2.75) is 32.6 Å². The average molecular weight is 204 g/mol. The minimum atomic E-state index is 0.296. The van der Waals surface area contributed by atoms with Gasteiger partial charge in [0.15, 0.2) is 0 Å². The van der Waals surface area contributed by atoms with Crippen LogP contribution in [0.15, 0.2) is 42.0 Å². The zero-order chi connectivity index (χ0) is 10.9. The first kappa shape index (κ1) is 12.0. The Bertz CT molecular complexity index is 287. The van der Waals surface area contributed by atoms with Crippen molar-refractivity contribution in [3.8, 4) is 0 Å². The van der Waals surface area contributed by atoms with Crippen LogP contribution in [0.25, 0.3) is 0 Å². The summed E-state index contributed by atoms with van der Waals surface area (Å²) >= 11 is 0. The van der Waals surface area contributed by atoms with Crippen LogP contribution in [-0.2, 0) is 6.42 Å². The van der Waals surface area contributed by atoms with Crippen molar-refractivity contribution < 1.29 is 5.11 Å². The molecule has 0 spiro atoms. The number of benzene rings is 1. The number of aliphatic hydroxyl groups excluding tert-OH is 1. The van der Waals surface area contributed by atoms with Crippen molar-refractivity contribution in [2.75, 3.05) is 6.61 Å². The summed E-state index contributed by atoms with van der Waals surface area (Å²) in [7, 11) is 0. The minimum absolute atomic E-state index is 0.296. The maximum Gasteiger partial charge on any atom is 0.0434 e. The van der Waals surface area contributed by atoms with Gasteiger partial charge in [0.25, 0.3) is 0 Å². The topological polar surface area (TPSA) is 20.2 Å². The summed E-state index contributed by atoms with van der Waals surface area (Å²) in [5.74, 6) is 0. The van der Waals surface area contributed by atoms with Crippen molar-refractivity contribution in [2.24, 2.45) is 0 Å². The Morgan fingerprint density at radius 3 is 2.67 bits per heavy atom. The molecule has 1 rings (SSSR count). The lowest BCUT2D eigenvalue weighted by Crippen LogP contribution is -1.86. The molecule has 82 valence electrons. The van der Waals surface area contributed by atoms with Crippen LogP contribution < -0.4 is 0 Å². The fourth-order valence-electron chi connectivity index (χ4n) is 1.59. The molecule has 0 saturated heterocycles. The predicted molar refractivity (Wildman–Crippen MR) is 64.8 cm³/mol. The van der Waals surface area contributed by atoms with E-state index >= 15 is 0 Å². The molecule has 1 nitrogen and oxygen atoms in total. The SMILES string of the molecule is CC(=CCCc1ccccc1)CCCO. The normalized spacial score (nSPS) is 11.7. The van der Waals surface area contributed by atoms with E-state index in [-0.39, 0.29) is 0 Å². The van der Waals surface area contributed by atoms with E-state index in [0.29, 0.717) is 6.61 Å². The second-order valence-electron chi connectivity index (χ2n) is 3.90. The standard InChI is InChI=1S/C14H20O/c1-13(8-6-12-15)7-5-11-14-9-3-2-4-10-14/h2-4,7,9-10,15H,5-6,8,11-12H2,1H3. The van der Waals surface area contributed by atoms with Gasteiger partial charge >= 0.3 is 0 Å². The molecule has 0 aliphatic rings. The largest absolute Gasteiger partial charge is 0.396 e. The van der Waals surface area contributed by atoms with Crippen LogP contribution in [0.2, 0.25) is 0 Å². The Morgan fingerprint density at radius 1 is 1.27 bits per heavy atom. The molecule has 0 atom stereocenters. The summed E-state index contributed by atoms with van der Waals surface area (Å²) in [4.78, 5) is 0. The fourth-order valence-corrected chi connectivity index (χ4v) is 1.59. The quantitative estimate of drug-likeness (QED) is 0.705. The number of allylic oxidation sites excluding steroid dienone is 2. The van der Waals surface area contributed by atoms with Gasteiger partial charge in [-0.25, -0.2) is 0 Å². The molecular weight excluding hydrogens is 184 g/mol. The monoisotopic (exact) mass is 204 g/mol. The van der Waals surface area contributed by atoms with Crippen molar-refractivity contribution in [3.05, 3.63) is 47.5 Å². The van der Waals surface area contributed by atoms with Crippen LogP contribution in [0.5, 0.6) is 0 Å². The molecule has 0 fully saturated rings. The van der Waals surface area contributed by atoms with Gasteiger partial charge in [0, 0.05) is 6.61 Å². The smallest absolute Gasteiger partial charge is 0.0434 e. The summed E-state index contributed by atoms with van der Waals surface area (Å²) in [5.41, 5.74) is 2.78. The highest BCUT2D eigenvalue weighted by atomic mass is 16.2. The molecule has 0 unspecified atom stereocenters. The second-order valence-corrected chi connectivity index (χ2v) is 3.90. The first-order chi connectivity index (χ1) is 7.33. The minimum Gasteiger partial charge on any atom is -0.396 e. The summed E-state index contributed by atoms with van der Waals surface area (Å²) in [6.07, 6.45) is 6.39. The molecule has 0 amide bonds. The maximum absolute atomic E-state index is 8.69. The van der Waals surface area contributed by atoms with E-state index in [9.17, 15) is 0 Å². The van der Waals surface area contributed by atoms with Crippen LogP contribution in [0, 0.1) is 0 Å².